The van der Waals surface area contributed by atoms with Crippen LogP contribution in [0.1, 0.15) is 33.3 Å². The van der Waals surface area contributed by atoms with Crippen LogP contribution >= 0.6 is 0 Å². The van der Waals surface area contributed by atoms with Gasteiger partial charge in [0, 0.05) is 17.8 Å². The van der Waals surface area contributed by atoms with Crippen molar-refractivity contribution in [3.05, 3.63) is 29.8 Å². The van der Waals surface area contributed by atoms with Gasteiger partial charge in [0.2, 0.25) is 0 Å². The fraction of sp³-hybridized carbons (Fsp3) is 0.533. The standard InChI is InChI=1S/C15H22N2O/c1-11-9-12-7-5-6-8-13(12)17(10-11)14(18)16-15(2,3)4/h5-8,11H,9-10H2,1-4H3,(H,16,18). The maximum Gasteiger partial charge on any atom is 0.322 e. The van der Waals surface area contributed by atoms with Crippen molar-refractivity contribution in [3.63, 3.8) is 0 Å². The fourth-order valence-electron chi connectivity index (χ4n) is 2.38. The number of amides is 2. The number of benzene rings is 1. The number of fused-ring (bicyclic) bond motifs is 1. The van der Waals surface area contributed by atoms with Crippen LogP contribution in [0.5, 0.6) is 0 Å². The van der Waals surface area contributed by atoms with Crippen LogP contribution in [0, 0.1) is 5.92 Å². The van der Waals surface area contributed by atoms with E-state index in [0.717, 1.165) is 18.7 Å². The Morgan fingerprint density at radius 1 is 1.33 bits per heavy atom. The van der Waals surface area contributed by atoms with Crippen LogP contribution in [0.2, 0.25) is 0 Å². The highest BCUT2D eigenvalue weighted by Gasteiger charge is 2.27. The number of nitrogens with zero attached hydrogens (tertiary/aromatic N) is 1. The van der Waals surface area contributed by atoms with Gasteiger partial charge in [-0.2, -0.15) is 0 Å². The summed E-state index contributed by atoms with van der Waals surface area (Å²) in [6.45, 7) is 8.99. The van der Waals surface area contributed by atoms with Crippen LogP contribution in [0.3, 0.4) is 0 Å². The summed E-state index contributed by atoms with van der Waals surface area (Å²) in [6.07, 6.45) is 1.05. The summed E-state index contributed by atoms with van der Waals surface area (Å²) in [6, 6.07) is 8.18. The molecule has 0 bridgehead atoms. The first-order chi connectivity index (χ1) is 8.37. The van der Waals surface area contributed by atoms with Crippen molar-refractivity contribution >= 4 is 11.7 Å². The smallest absolute Gasteiger partial charge is 0.322 e. The number of hydrogen-bond acceptors (Lipinski definition) is 1. The minimum Gasteiger partial charge on any atom is -0.333 e. The Kier molecular flexibility index (Phi) is 3.33. The van der Waals surface area contributed by atoms with Crippen molar-refractivity contribution < 1.29 is 4.79 Å². The summed E-state index contributed by atoms with van der Waals surface area (Å²) in [5.41, 5.74) is 2.12. The molecule has 3 nitrogen and oxygen atoms in total. The SMILES string of the molecule is CC1Cc2ccccc2N(C(=O)NC(C)(C)C)C1. The summed E-state index contributed by atoms with van der Waals surface area (Å²) >= 11 is 0. The predicted molar refractivity (Wildman–Crippen MR) is 74.9 cm³/mol. The Morgan fingerprint density at radius 3 is 2.67 bits per heavy atom. The Labute approximate surface area is 109 Å². The third-order valence-electron chi connectivity index (χ3n) is 3.07. The van der Waals surface area contributed by atoms with Crippen molar-refractivity contribution in [1.82, 2.24) is 5.32 Å². The van der Waals surface area contributed by atoms with Crippen LogP contribution in [0.15, 0.2) is 24.3 Å². The van der Waals surface area contributed by atoms with E-state index in [1.165, 1.54) is 5.56 Å². The Bertz CT molecular complexity index is 448. The predicted octanol–water partition coefficient (Wildman–Crippen LogP) is 3.19. The summed E-state index contributed by atoms with van der Waals surface area (Å²) in [7, 11) is 0. The van der Waals surface area contributed by atoms with E-state index >= 15 is 0 Å². The topological polar surface area (TPSA) is 32.3 Å². The van der Waals surface area contributed by atoms with Gasteiger partial charge < -0.3 is 5.32 Å². The molecule has 0 spiro atoms. The minimum absolute atomic E-state index is 0.00139. The largest absolute Gasteiger partial charge is 0.333 e. The lowest BCUT2D eigenvalue weighted by Crippen LogP contribution is -2.51. The van der Waals surface area contributed by atoms with Gasteiger partial charge in [0.05, 0.1) is 0 Å². The lowest BCUT2D eigenvalue weighted by molar-refractivity contribution is 0.236. The molecule has 0 aliphatic carbocycles. The molecule has 0 saturated carbocycles. The number of carbonyl (C=O) groups excluding carboxylic acids is 1. The minimum atomic E-state index is -0.202. The number of rotatable bonds is 0. The Hall–Kier alpha value is -1.51. The fourth-order valence-corrected chi connectivity index (χ4v) is 2.38. The van der Waals surface area contributed by atoms with Gasteiger partial charge in [-0.15, -0.1) is 0 Å². The van der Waals surface area contributed by atoms with Gasteiger partial charge in [0.15, 0.2) is 0 Å². The molecule has 98 valence electrons. The highest BCUT2D eigenvalue weighted by atomic mass is 16.2. The third kappa shape index (κ3) is 2.84. The molecule has 1 aromatic carbocycles. The number of hydrogen-bond donors (Lipinski definition) is 1. The Morgan fingerprint density at radius 2 is 2.00 bits per heavy atom. The highest BCUT2D eigenvalue weighted by molar-refractivity contribution is 5.93. The second kappa shape index (κ2) is 4.63. The lowest BCUT2D eigenvalue weighted by atomic mass is 9.94. The molecule has 0 saturated heterocycles. The molecule has 3 heteroatoms. The zero-order chi connectivity index (χ0) is 13.3. The van der Waals surface area contributed by atoms with Crippen molar-refractivity contribution in [3.8, 4) is 0 Å². The van der Waals surface area contributed by atoms with Crippen molar-refractivity contribution in [1.29, 1.82) is 0 Å². The quantitative estimate of drug-likeness (QED) is 0.749. The van der Waals surface area contributed by atoms with Gasteiger partial charge in [-0.05, 0) is 44.7 Å². The van der Waals surface area contributed by atoms with E-state index < -0.39 is 0 Å². The van der Waals surface area contributed by atoms with E-state index in [1.54, 1.807) is 0 Å². The molecule has 1 unspecified atom stereocenters. The van der Waals surface area contributed by atoms with Gasteiger partial charge in [0.25, 0.3) is 0 Å². The molecule has 18 heavy (non-hydrogen) atoms. The molecular formula is C15H22N2O. The summed E-state index contributed by atoms with van der Waals surface area (Å²) in [5.74, 6) is 0.505. The monoisotopic (exact) mass is 246 g/mol. The first-order valence-corrected chi connectivity index (χ1v) is 6.54. The first-order valence-electron chi connectivity index (χ1n) is 6.54. The molecule has 1 heterocycles. The van der Waals surface area contributed by atoms with Gasteiger partial charge in [-0.25, -0.2) is 4.79 Å². The number of para-hydroxylation sites is 1. The van der Waals surface area contributed by atoms with Gasteiger partial charge in [-0.1, -0.05) is 25.1 Å². The van der Waals surface area contributed by atoms with E-state index in [4.69, 9.17) is 0 Å². The Balaban J connectivity index is 2.26. The van der Waals surface area contributed by atoms with E-state index in [9.17, 15) is 4.79 Å². The number of nitrogens with one attached hydrogen (secondary N) is 1. The molecule has 2 rings (SSSR count). The molecule has 1 N–H and O–H groups in total. The maximum atomic E-state index is 12.3. The molecule has 1 aromatic rings. The van der Waals surface area contributed by atoms with E-state index in [2.05, 4.69) is 18.3 Å². The van der Waals surface area contributed by atoms with Crippen LogP contribution in [-0.4, -0.2) is 18.1 Å². The molecule has 1 atom stereocenters. The zero-order valence-corrected chi connectivity index (χ0v) is 11.7. The molecule has 1 aliphatic rings. The molecule has 0 aromatic heterocycles. The third-order valence-corrected chi connectivity index (χ3v) is 3.07. The van der Waals surface area contributed by atoms with E-state index in [1.807, 2.05) is 43.9 Å². The van der Waals surface area contributed by atoms with Crippen LogP contribution < -0.4 is 10.2 Å². The molecule has 2 amide bonds. The maximum absolute atomic E-state index is 12.3. The average molecular weight is 246 g/mol. The number of anilines is 1. The van der Waals surface area contributed by atoms with Gasteiger partial charge in [-0.3, -0.25) is 4.90 Å². The van der Waals surface area contributed by atoms with E-state index in [-0.39, 0.29) is 11.6 Å². The summed E-state index contributed by atoms with van der Waals surface area (Å²) in [4.78, 5) is 14.2. The van der Waals surface area contributed by atoms with Gasteiger partial charge in [0.1, 0.15) is 0 Å². The number of carbonyl (C=O) groups is 1. The second-order valence-corrected chi connectivity index (χ2v) is 6.23. The summed E-state index contributed by atoms with van der Waals surface area (Å²) < 4.78 is 0. The number of urea groups is 1. The first kappa shape index (κ1) is 12.9. The lowest BCUT2D eigenvalue weighted by Gasteiger charge is -2.35. The molecule has 0 radical (unpaired) electrons. The van der Waals surface area contributed by atoms with Crippen LogP contribution in [0.25, 0.3) is 0 Å². The molecule has 1 aliphatic heterocycles. The average Bonchev–Trinajstić information content (AvgIpc) is 2.25. The van der Waals surface area contributed by atoms with Crippen molar-refractivity contribution in [2.45, 2.75) is 39.7 Å². The second-order valence-electron chi connectivity index (χ2n) is 6.23. The van der Waals surface area contributed by atoms with Crippen LogP contribution in [-0.2, 0) is 6.42 Å². The van der Waals surface area contributed by atoms with Crippen molar-refractivity contribution in [2.24, 2.45) is 5.92 Å². The molecule has 0 fully saturated rings. The van der Waals surface area contributed by atoms with Crippen LogP contribution in [0.4, 0.5) is 10.5 Å². The normalized spacial score (nSPS) is 19.3. The zero-order valence-electron chi connectivity index (χ0n) is 11.7. The molecular weight excluding hydrogens is 224 g/mol. The van der Waals surface area contributed by atoms with E-state index in [0.29, 0.717) is 5.92 Å². The van der Waals surface area contributed by atoms with Gasteiger partial charge >= 0.3 is 6.03 Å². The summed E-state index contributed by atoms with van der Waals surface area (Å²) in [5, 5.41) is 3.04. The van der Waals surface area contributed by atoms with Crippen molar-refractivity contribution in [2.75, 3.05) is 11.4 Å². The highest BCUT2D eigenvalue weighted by Crippen LogP contribution is 2.29.